The molecule has 122 valence electrons. The van der Waals surface area contributed by atoms with Gasteiger partial charge in [0.05, 0.1) is 10.5 Å². The summed E-state index contributed by atoms with van der Waals surface area (Å²) in [7, 11) is -4.00. The Morgan fingerprint density at radius 3 is 2.38 bits per heavy atom. The topological polar surface area (TPSA) is 72.2 Å². The Bertz CT molecular complexity index is 579. The zero-order chi connectivity index (χ0) is 15.6. The second-order valence-electron chi connectivity index (χ2n) is 4.34. The summed E-state index contributed by atoms with van der Waals surface area (Å²) in [6.45, 7) is 1.77. The van der Waals surface area contributed by atoms with Gasteiger partial charge in [0.15, 0.2) is 0 Å². The summed E-state index contributed by atoms with van der Waals surface area (Å²) in [5.41, 5.74) is 4.45. The van der Waals surface area contributed by atoms with E-state index in [4.69, 9.17) is 5.73 Å². The summed E-state index contributed by atoms with van der Waals surface area (Å²) in [4.78, 5) is -0.441. The highest BCUT2D eigenvalue weighted by atomic mass is 79.9. The highest BCUT2D eigenvalue weighted by Gasteiger charge is 2.32. The first-order chi connectivity index (χ1) is 9.02. The number of alkyl halides is 3. The standard InChI is InChI=1S/C11H14BrF3N2O2S.ClH/c1-7(16)2-3-17-20(18,19)10-5-8(11(13,14)15)4-9(12)6-10;/h4-7,17H,2-3,16H2,1H3;1H. The second-order valence-corrected chi connectivity index (χ2v) is 7.02. The molecular weight excluding hydrogens is 397 g/mol. The maximum atomic E-state index is 12.6. The third-order valence-corrected chi connectivity index (χ3v) is 4.30. The molecule has 1 aromatic rings. The average Bonchev–Trinajstić information content (AvgIpc) is 2.26. The summed E-state index contributed by atoms with van der Waals surface area (Å²) < 4.78 is 64.0. The van der Waals surface area contributed by atoms with E-state index in [0.29, 0.717) is 12.5 Å². The largest absolute Gasteiger partial charge is 0.416 e. The van der Waals surface area contributed by atoms with E-state index in [0.717, 1.165) is 12.1 Å². The molecular formula is C11H15BrClF3N2O2S. The summed E-state index contributed by atoms with van der Waals surface area (Å²) in [5, 5.41) is 0. The Labute approximate surface area is 135 Å². The van der Waals surface area contributed by atoms with Gasteiger partial charge in [0, 0.05) is 17.1 Å². The van der Waals surface area contributed by atoms with Crippen LogP contribution in [0.3, 0.4) is 0 Å². The minimum Gasteiger partial charge on any atom is -0.328 e. The molecule has 4 nitrogen and oxygen atoms in total. The molecule has 0 spiro atoms. The van der Waals surface area contributed by atoms with Gasteiger partial charge in [-0.15, -0.1) is 12.4 Å². The van der Waals surface area contributed by atoms with Crippen LogP contribution < -0.4 is 10.5 Å². The van der Waals surface area contributed by atoms with Crippen LogP contribution in [0, 0.1) is 0 Å². The van der Waals surface area contributed by atoms with E-state index in [-0.39, 0.29) is 29.5 Å². The van der Waals surface area contributed by atoms with Gasteiger partial charge >= 0.3 is 6.18 Å². The van der Waals surface area contributed by atoms with Gasteiger partial charge in [-0.1, -0.05) is 15.9 Å². The molecule has 1 rings (SSSR count). The Morgan fingerprint density at radius 2 is 1.90 bits per heavy atom. The van der Waals surface area contributed by atoms with Crippen LogP contribution in [-0.2, 0) is 16.2 Å². The fourth-order valence-electron chi connectivity index (χ4n) is 1.39. The van der Waals surface area contributed by atoms with Crippen LogP contribution in [0.5, 0.6) is 0 Å². The van der Waals surface area contributed by atoms with Crippen LogP contribution in [0.2, 0.25) is 0 Å². The van der Waals surface area contributed by atoms with E-state index in [9.17, 15) is 21.6 Å². The molecule has 1 aromatic carbocycles. The molecule has 0 amide bonds. The van der Waals surface area contributed by atoms with Crippen molar-refractivity contribution in [3.8, 4) is 0 Å². The number of sulfonamides is 1. The fraction of sp³-hybridized carbons (Fsp3) is 0.455. The average molecular weight is 412 g/mol. The minimum atomic E-state index is -4.61. The Morgan fingerprint density at radius 1 is 1.33 bits per heavy atom. The van der Waals surface area contributed by atoms with Gasteiger partial charge < -0.3 is 5.73 Å². The number of benzene rings is 1. The summed E-state index contributed by atoms with van der Waals surface area (Å²) >= 11 is 2.88. The van der Waals surface area contributed by atoms with Gasteiger partial charge in [-0.2, -0.15) is 13.2 Å². The van der Waals surface area contributed by atoms with Crippen molar-refractivity contribution in [3.63, 3.8) is 0 Å². The number of halogens is 5. The van der Waals surface area contributed by atoms with Crippen LogP contribution in [-0.4, -0.2) is 21.0 Å². The van der Waals surface area contributed by atoms with Crippen LogP contribution in [0.15, 0.2) is 27.6 Å². The Balaban J connectivity index is 0.00000400. The summed E-state index contributed by atoms with van der Waals surface area (Å²) in [6.07, 6.45) is -4.22. The van der Waals surface area contributed by atoms with Crippen molar-refractivity contribution in [1.82, 2.24) is 4.72 Å². The second kappa shape index (κ2) is 7.77. The predicted octanol–water partition coefficient (Wildman–Crippen LogP) is 2.91. The van der Waals surface area contributed by atoms with Gasteiger partial charge in [0.25, 0.3) is 0 Å². The molecule has 10 heteroatoms. The van der Waals surface area contributed by atoms with Crippen LogP contribution in [0.25, 0.3) is 0 Å². The van der Waals surface area contributed by atoms with Gasteiger partial charge in [0.1, 0.15) is 0 Å². The van der Waals surface area contributed by atoms with Crippen molar-refractivity contribution >= 4 is 38.4 Å². The van der Waals surface area contributed by atoms with Crippen molar-refractivity contribution in [1.29, 1.82) is 0 Å². The van der Waals surface area contributed by atoms with Crippen molar-refractivity contribution in [3.05, 3.63) is 28.2 Å². The normalized spacial score (nSPS) is 13.6. The quantitative estimate of drug-likeness (QED) is 0.782. The van der Waals surface area contributed by atoms with E-state index in [1.807, 2.05) is 0 Å². The van der Waals surface area contributed by atoms with E-state index in [1.165, 1.54) is 0 Å². The lowest BCUT2D eigenvalue weighted by Crippen LogP contribution is -2.29. The van der Waals surface area contributed by atoms with Gasteiger partial charge in [0.2, 0.25) is 10.0 Å². The molecule has 0 fully saturated rings. The molecule has 0 bridgehead atoms. The molecule has 0 radical (unpaired) electrons. The zero-order valence-corrected chi connectivity index (χ0v) is 14.2. The molecule has 0 aliphatic rings. The predicted molar refractivity (Wildman–Crippen MR) is 79.8 cm³/mol. The monoisotopic (exact) mass is 410 g/mol. The van der Waals surface area contributed by atoms with E-state index in [2.05, 4.69) is 20.7 Å². The van der Waals surface area contributed by atoms with E-state index >= 15 is 0 Å². The molecule has 0 aromatic heterocycles. The fourth-order valence-corrected chi connectivity index (χ4v) is 3.15. The number of rotatable bonds is 5. The number of hydrogen-bond acceptors (Lipinski definition) is 3. The van der Waals surface area contributed by atoms with Crippen molar-refractivity contribution in [2.75, 3.05) is 6.54 Å². The lowest BCUT2D eigenvalue weighted by Gasteiger charge is -2.12. The van der Waals surface area contributed by atoms with E-state index in [1.54, 1.807) is 6.92 Å². The number of hydrogen-bond donors (Lipinski definition) is 2. The molecule has 1 atom stereocenters. The molecule has 0 heterocycles. The van der Waals surface area contributed by atoms with Crippen molar-refractivity contribution in [2.24, 2.45) is 5.73 Å². The highest BCUT2D eigenvalue weighted by Crippen LogP contribution is 2.33. The smallest absolute Gasteiger partial charge is 0.328 e. The molecule has 0 saturated heterocycles. The first kappa shape index (κ1) is 20.6. The SMILES string of the molecule is CC(N)CCNS(=O)(=O)c1cc(Br)cc(C(F)(F)F)c1.Cl. The molecule has 0 saturated carbocycles. The summed E-state index contributed by atoms with van der Waals surface area (Å²) in [6, 6.07) is 2.33. The maximum Gasteiger partial charge on any atom is 0.416 e. The van der Waals surface area contributed by atoms with Gasteiger partial charge in [-0.3, -0.25) is 0 Å². The first-order valence-electron chi connectivity index (χ1n) is 5.65. The molecule has 21 heavy (non-hydrogen) atoms. The minimum absolute atomic E-state index is 0. The highest BCUT2D eigenvalue weighted by molar-refractivity contribution is 9.10. The van der Waals surface area contributed by atoms with Crippen LogP contribution in [0.1, 0.15) is 18.9 Å². The van der Waals surface area contributed by atoms with Gasteiger partial charge in [-0.05, 0) is 31.5 Å². The lowest BCUT2D eigenvalue weighted by molar-refractivity contribution is -0.137. The van der Waals surface area contributed by atoms with Crippen LogP contribution >= 0.6 is 28.3 Å². The molecule has 0 aliphatic heterocycles. The molecule has 0 aliphatic carbocycles. The lowest BCUT2D eigenvalue weighted by atomic mass is 10.2. The van der Waals surface area contributed by atoms with Crippen molar-refractivity contribution < 1.29 is 21.6 Å². The number of nitrogens with two attached hydrogens (primary N) is 1. The first-order valence-corrected chi connectivity index (χ1v) is 7.93. The molecule has 3 N–H and O–H groups in total. The van der Waals surface area contributed by atoms with Crippen molar-refractivity contribution in [2.45, 2.75) is 30.5 Å². The molecule has 1 unspecified atom stereocenters. The maximum absolute atomic E-state index is 12.6. The number of nitrogens with one attached hydrogen (secondary N) is 1. The Kier molecular flexibility index (Phi) is 7.64. The van der Waals surface area contributed by atoms with Gasteiger partial charge in [-0.25, -0.2) is 13.1 Å². The zero-order valence-electron chi connectivity index (χ0n) is 10.9. The third kappa shape index (κ3) is 6.52. The third-order valence-electron chi connectivity index (χ3n) is 2.40. The van der Waals surface area contributed by atoms with E-state index < -0.39 is 26.7 Å². The summed E-state index contributed by atoms with van der Waals surface area (Å²) in [5.74, 6) is 0. The Hall–Kier alpha value is -0.350. The van der Waals surface area contributed by atoms with Crippen LogP contribution in [0.4, 0.5) is 13.2 Å².